The molecule has 1 aliphatic heterocycles. The van der Waals surface area contributed by atoms with Crippen LogP contribution in [0.15, 0.2) is 35.7 Å². The lowest BCUT2D eigenvalue weighted by molar-refractivity contribution is -0.159. The Labute approximate surface area is 194 Å². The highest BCUT2D eigenvalue weighted by Crippen LogP contribution is 2.36. The molecular formula is C22H26N2O8S. The molecule has 0 bridgehead atoms. The van der Waals surface area contributed by atoms with E-state index in [4.69, 9.17) is 29.3 Å². The number of nitrogens with zero attached hydrogens (tertiary/aromatic N) is 1. The number of ether oxygens (including phenoxy) is 2. The summed E-state index contributed by atoms with van der Waals surface area (Å²) < 4.78 is 10.5. The SMILES string of the molecule is CCOC(=O)c1c(-c2ccccc2)csc1NC(=O)CCN1CCOCC1.O=C(O)C(=O)O. The lowest BCUT2D eigenvalue weighted by Crippen LogP contribution is -2.38. The number of benzene rings is 1. The summed E-state index contributed by atoms with van der Waals surface area (Å²) in [6.07, 6.45) is 0.376. The van der Waals surface area contributed by atoms with Gasteiger partial charge in [0, 0.05) is 37.0 Å². The number of carboxylic acids is 2. The molecule has 0 atom stereocenters. The van der Waals surface area contributed by atoms with Crippen LogP contribution in [0.25, 0.3) is 11.1 Å². The molecule has 3 N–H and O–H groups in total. The number of thiophene rings is 1. The van der Waals surface area contributed by atoms with Crippen LogP contribution in [0.3, 0.4) is 0 Å². The maximum Gasteiger partial charge on any atom is 0.414 e. The van der Waals surface area contributed by atoms with Gasteiger partial charge in [-0.1, -0.05) is 30.3 Å². The van der Waals surface area contributed by atoms with E-state index in [9.17, 15) is 9.59 Å². The molecule has 1 aromatic carbocycles. The number of carbonyl (C=O) groups excluding carboxylic acids is 2. The maximum absolute atomic E-state index is 12.5. The van der Waals surface area contributed by atoms with Crippen LogP contribution >= 0.6 is 11.3 Å². The van der Waals surface area contributed by atoms with E-state index in [0.29, 0.717) is 36.7 Å². The molecule has 0 unspecified atom stereocenters. The van der Waals surface area contributed by atoms with Crippen LogP contribution in [0.4, 0.5) is 5.00 Å². The Morgan fingerprint density at radius 1 is 1.09 bits per heavy atom. The van der Waals surface area contributed by atoms with Crippen LogP contribution in [-0.2, 0) is 23.9 Å². The number of nitrogens with one attached hydrogen (secondary N) is 1. The van der Waals surface area contributed by atoms with Crippen molar-refractivity contribution in [1.29, 1.82) is 0 Å². The Morgan fingerprint density at radius 2 is 1.73 bits per heavy atom. The van der Waals surface area contributed by atoms with Crippen LogP contribution in [0.2, 0.25) is 0 Å². The summed E-state index contributed by atoms with van der Waals surface area (Å²) in [6, 6.07) is 9.64. The van der Waals surface area contributed by atoms with E-state index in [0.717, 1.165) is 24.2 Å². The summed E-state index contributed by atoms with van der Waals surface area (Å²) >= 11 is 1.35. The topological polar surface area (TPSA) is 142 Å². The lowest BCUT2D eigenvalue weighted by atomic mass is 10.0. The highest BCUT2D eigenvalue weighted by atomic mass is 32.1. The zero-order valence-electron chi connectivity index (χ0n) is 18.1. The molecule has 1 aromatic heterocycles. The average molecular weight is 479 g/mol. The minimum absolute atomic E-state index is 0.103. The van der Waals surface area contributed by atoms with E-state index in [1.807, 2.05) is 35.7 Å². The van der Waals surface area contributed by atoms with Gasteiger partial charge in [0.1, 0.15) is 10.6 Å². The second-order valence-electron chi connectivity index (χ2n) is 6.80. The normalized spacial score (nSPS) is 13.4. The summed E-state index contributed by atoms with van der Waals surface area (Å²) in [5.41, 5.74) is 2.13. The van der Waals surface area contributed by atoms with Gasteiger partial charge in [-0.3, -0.25) is 9.69 Å². The zero-order valence-corrected chi connectivity index (χ0v) is 18.9. The van der Waals surface area contributed by atoms with Gasteiger partial charge in [-0.25, -0.2) is 14.4 Å². The molecule has 11 heteroatoms. The second-order valence-corrected chi connectivity index (χ2v) is 7.68. The van der Waals surface area contributed by atoms with Gasteiger partial charge in [0.05, 0.1) is 19.8 Å². The van der Waals surface area contributed by atoms with Crippen molar-refractivity contribution in [2.45, 2.75) is 13.3 Å². The van der Waals surface area contributed by atoms with Crippen molar-refractivity contribution >= 4 is 40.2 Å². The van der Waals surface area contributed by atoms with E-state index in [1.54, 1.807) is 6.92 Å². The van der Waals surface area contributed by atoms with Crippen molar-refractivity contribution in [1.82, 2.24) is 4.90 Å². The first-order chi connectivity index (χ1) is 15.8. The molecule has 0 radical (unpaired) electrons. The number of esters is 1. The summed E-state index contributed by atoms with van der Waals surface area (Å²) in [4.78, 5) is 45.3. The van der Waals surface area contributed by atoms with E-state index >= 15 is 0 Å². The number of carboxylic acid groups (broad SMARTS) is 2. The number of carbonyl (C=O) groups is 4. The number of aliphatic carboxylic acids is 2. The Bertz CT molecular complexity index is 943. The molecule has 1 fully saturated rings. The van der Waals surface area contributed by atoms with Crippen LogP contribution in [0.1, 0.15) is 23.7 Å². The maximum atomic E-state index is 12.5. The highest BCUT2D eigenvalue weighted by molar-refractivity contribution is 7.15. The molecule has 1 aliphatic rings. The molecule has 2 aromatic rings. The molecule has 33 heavy (non-hydrogen) atoms. The molecule has 0 aliphatic carbocycles. The fourth-order valence-corrected chi connectivity index (χ4v) is 3.93. The fourth-order valence-electron chi connectivity index (χ4n) is 2.96. The minimum atomic E-state index is -1.82. The Hall–Kier alpha value is -3.28. The third-order valence-corrected chi connectivity index (χ3v) is 5.45. The molecule has 0 spiro atoms. The van der Waals surface area contributed by atoms with E-state index in [2.05, 4.69) is 10.2 Å². The largest absolute Gasteiger partial charge is 0.473 e. The lowest BCUT2D eigenvalue weighted by Gasteiger charge is -2.26. The Kier molecular flexibility index (Phi) is 10.5. The molecule has 10 nitrogen and oxygen atoms in total. The van der Waals surface area contributed by atoms with E-state index < -0.39 is 17.9 Å². The molecule has 3 rings (SSSR count). The number of morpholine rings is 1. The van der Waals surface area contributed by atoms with Crippen LogP contribution < -0.4 is 5.32 Å². The third-order valence-electron chi connectivity index (χ3n) is 4.55. The Balaban J connectivity index is 0.000000569. The average Bonchev–Trinajstić information content (AvgIpc) is 3.23. The smallest absolute Gasteiger partial charge is 0.414 e. The fraction of sp³-hybridized carbons (Fsp3) is 0.364. The summed E-state index contributed by atoms with van der Waals surface area (Å²) in [7, 11) is 0. The molecule has 0 saturated carbocycles. The van der Waals surface area contributed by atoms with Crippen molar-refractivity contribution in [3.63, 3.8) is 0 Å². The number of amides is 1. The zero-order chi connectivity index (χ0) is 24.2. The van der Waals surface area contributed by atoms with E-state index in [-0.39, 0.29) is 12.5 Å². The van der Waals surface area contributed by atoms with Crippen molar-refractivity contribution in [3.8, 4) is 11.1 Å². The summed E-state index contributed by atoms with van der Waals surface area (Å²) in [5, 5.41) is 20.1. The standard InChI is InChI=1S/C20H24N2O4S.C2H2O4/c1-2-26-20(24)18-16(15-6-4-3-5-7-15)14-27-19(18)21-17(23)8-9-22-10-12-25-13-11-22;3-1(4)2(5)6/h3-7,14H,2,8-13H2,1H3,(H,21,23);(H,3,4)(H,5,6). The van der Waals surface area contributed by atoms with Gasteiger partial charge < -0.3 is 25.0 Å². The number of anilines is 1. The summed E-state index contributed by atoms with van der Waals surface area (Å²) in [5.74, 6) is -4.17. The van der Waals surface area contributed by atoms with Gasteiger partial charge in [0.15, 0.2) is 0 Å². The predicted molar refractivity (Wildman–Crippen MR) is 121 cm³/mol. The van der Waals surface area contributed by atoms with E-state index in [1.165, 1.54) is 11.3 Å². The first kappa shape index (κ1) is 26.0. The Morgan fingerprint density at radius 3 is 2.30 bits per heavy atom. The van der Waals surface area contributed by atoms with Crippen LogP contribution in [0, 0.1) is 0 Å². The third kappa shape index (κ3) is 8.29. The van der Waals surface area contributed by atoms with Crippen molar-refractivity contribution in [3.05, 3.63) is 41.3 Å². The highest BCUT2D eigenvalue weighted by Gasteiger charge is 2.23. The monoisotopic (exact) mass is 478 g/mol. The molecule has 1 amide bonds. The van der Waals surface area contributed by atoms with Crippen LogP contribution in [0.5, 0.6) is 0 Å². The first-order valence-electron chi connectivity index (χ1n) is 10.2. The first-order valence-corrected chi connectivity index (χ1v) is 11.1. The predicted octanol–water partition coefficient (Wildman–Crippen LogP) is 2.41. The van der Waals surface area contributed by atoms with Gasteiger partial charge in [-0.2, -0.15) is 0 Å². The van der Waals surface area contributed by atoms with Gasteiger partial charge in [0.25, 0.3) is 0 Å². The number of hydrogen-bond acceptors (Lipinski definition) is 8. The van der Waals surface area contributed by atoms with Gasteiger partial charge in [0.2, 0.25) is 5.91 Å². The minimum Gasteiger partial charge on any atom is -0.473 e. The molecule has 2 heterocycles. The van der Waals surface area contributed by atoms with Crippen molar-refractivity contribution < 1.29 is 38.9 Å². The molecule has 1 saturated heterocycles. The second kappa shape index (κ2) is 13.3. The summed E-state index contributed by atoms with van der Waals surface area (Å²) in [6.45, 7) is 5.85. The van der Waals surface area contributed by atoms with Crippen LogP contribution in [-0.4, -0.2) is 78.4 Å². The quantitative estimate of drug-likeness (QED) is 0.404. The number of rotatable bonds is 7. The molecular weight excluding hydrogens is 452 g/mol. The van der Waals surface area contributed by atoms with Gasteiger partial charge >= 0.3 is 17.9 Å². The van der Waals surface area contributed by atoms with Crippen molar-refractivity contribution in [2.24, 2.45) is 0 Å². The number of hydrogen-bond donors (Lipinski definition) is 3. The molecule has 178 valence electrons. The van der Waals surface area contributed by atoms with Gasteiger partial charge in [-0.05, 0) is 12.5 Å². The van der Waals surface area contributed by atoms with Crippen molar-refractivity contribution in [2.75, 3.05) is 44.8 Å². The van der Waals surface area contributed by atoms with Gasteiger partial charge in [-0.15, -0.1) is 11.3 Å².